The Balaban J connectivity index is 1.53. The van der Waals surface area contributed by atoms with Gasteiger partial charge in [-0.05, 0) is 49.1 Å². The first-order chi connectivity index (χ1) is 12.0. The summed E-state index contributed by atoms with van der Waals surface area (Å²) in [7, 11) is 1.76. The van der Waals surface area contributed by atoms with E-state index in [0.717, 1.165) is 11.3 Å². The van der Waals surface area contributed by atoms with Crippen molar-refractivity contribution in [2.45, 2.75) is 20.4 Å². The number of hydrogen-bond acceptors (Lipinski definition) is 6. The van der Waals surface area contributed by atoms with Crippen LogP contribution in [0.15, 0.2) is 34.8 Å². The molecule has 25 heavy (non-hydrogen) atoms. The Morgan fingerprint density at radius 2 is 2.12 bits per heavy atom. The first-order valence-electron chi connectivity index (χ1n) is 7.88. The Morgan fingerprint density at radius 1 is 1.32 bits per heavy atom. The number of amides is 1. The average Bonchev–Trinajstić information content (AvgIpc) is 3.23. The summed E-state index contributed by atoms with van der Waals surface area (Å²) in [4.78, 5) is 20.2. The second-order valence-corrected chi connectivity index (χ2v) is 6.80. The topological polar surface area (TPSA) is 60.4 Å². The minimum Gasteiger partial charge on any atom is -0.454 e. The smallest absolute Gasteiger partial charge is 0.263 e. The van der Waals surface area contributed by atoms with Crippen LogP contribution in [0.3, 0.4) is 0 Å². The van der Waals surface area contributed by atoms with Crippen LogP contribution < -0.4 is 9.47 Å². The molecule has 7 heteroatoms. The molecule has 1 aliphatic heterocycles. The zero-order chi connectivity index (χ0) is 17.8. The maximum absolute atomic E-state index is 12.2. The van der Waals surface area contributed by atoms with E-state index >= 15 is 0 Å². The van der Waals surface area contributed by atoms with Crippen LogP contribution in [0.25, 0.3) is 0 Å². The third-order valence-corrected chi connectivity index (χ3v) is 4.96. The monoisotopic (exact) mass is 360 g/mol. The van der Waals surface area contributed by atoms with Gasteiger partial charge >= 0.3 is 0 Å². The number of carbonyl (C=O) groups is 1. The summed E-state index contributed by atoms with van der Waals surface area (Å²) in [5, 5.41) is 6.06. The van der Waals surface area contributed by atoms with Crippen LogP contribution in [0, 0.1) is 6.92 Å². The molecule has 0 bridgehead atoms. The molecule has 0 aliphatic carbocycles. The van der Waals surface area contributed by atoms with Crippen molar-refractivity contribution in [3.05, 3.63) is 45.6 Å². The second kappa shape index (κ2) is 7.57. The lowest BCUT2D eigenvalue weighted by atomic mass is 10.1. The lowest BCUT2D eigenvalue weighted by Crippen LogP contribution is -2.29. The van der Waals surface area contributed by atoms with E-state index in [1.54, 1.807) is 23.3 Å². The number of oxime groups is 1. The molecule has 6 nitrogen and oxygen atoms in total. The largest absolute Gasteiger partial charge is 0.454 e. The number of aryl methyl sites for hydroxylation is 1. The Bertz CT molecular complexity index is 800. The average molecular weight is 360 g/mol. The normalized spacial score (nSPS) is 13.0. The first kappa shape index (κ1) is 17.3. The number of benzene rings is 1. The summed E-state index contributed by atoms with van der Waals surface area (Å²) in [6.45, 7) is 4.58. The predicted octanol–water partition coefficient (Wildman–Crippen LogP) is 3.18. The van der Waals surface area contributed by atoms with Crippen molar-refractivity contribution in [1.82, 2.24) is 4.90 Å². The number of fused-ring (bicyclic) bond motifs is 1. The van der Waals surface area contributed by atoms with E-state index < -0.39 is 0 Å². The Morgan fingerprint density at radius 3 is 2.88 bits per heavy atom. The van der Waals surface area contributed by atoms with Crippen LogP contribution in [0.4, 0.5) is 0 Å². The molecule has 3 rings (SSSR count). The van der Waals surface area contributed by atoms with Gasteiger partial charge in [-0.2, -0.15) is 0 Å². The van der Waals surface area contributed by atoms with Gasteiger partial charge in [-0.15, -0.1) is 11.3 Å². The van der Waals surface area contributed by atoms with Crippen molar-refractivity contribution < 1.29 is 19.1 Å². The SMILES string of the molecule is C/C(=N\OCC(=O)N(C)Cc1sccc1C)c1ccc2c(c1)OCO2. The summed E-state index contributed by atoms with van der Waals surface area (Å²) in [5.41, 5.74) is 2.73. The molecule has 0 unspecified atom stereocenters. The molecule has 132 valence electrons. The highest BCUT2D eigenvalue weighted by Crippen LogP contribution is 2.32. The lowest BCUT2D eigenvalue weighted by molar-refractivity contribution is -0.135. The Hall–Kier alpha value is -2.54. The summed E-state index contributed by atoms with van der Waals surface area (Å²) < 4.78 is 10.6. The number of thiophene rings is 1. The molecule has 0 atom stereocenters. The van der Waals surface area contributed by atoms with Gasteiger partial charge in [0.25, 0.3) is 5.91 Å². The molecular formula is C18H20N2O4S. The Labute approximate surface area is 150 Å². The van der Waals surface area contributed by atoms with Crippen molar-refractivity contribution in [2.24, 2.45) is 5.16 Å². The number of hydrogen-bond donors (Lipinski definition) is 0. The quantitative estimate of drug-likeness (QED) is 0.586. The van der Waals surface area contributed by atoms with Gasteiger partial charge in [-0.25, -0.2) is 0 Å². The van der Waals surface area contributed by atoms with Crippen LogP contribution in [0.5, 0.6) is 11.5 Å². The molecule has 1 amide bonds. The molecule has 0 saturated heterocycles. The van der Waals surface area contributed by atoms with Crippen LogP contribution in [0.2, 0.25) is 0 Å². The molecule has 0 saturated carbocycles. The fourth-order valence-corrected chi connectivity index (χ4v) is 3.30. The fourth-order valence-electron chi connectivity index (χ4n) is 2.34. The van der Waals surface area contributed by atoms with Crippen LogP contribution >= 0.6 is 11.3 Å². The van der Waals surface area contributed by atoms with E-state index in [1.807, 2.05) is 43.5 Å². The number of likely N-dealkylation sites (N-methyl/N-ethyl adjacent to an activating group) is 1. The van der Waals surface area contributed by atoms with E-state index in [2.05, 4.69) is 5.16 Å². The maximum atomic E-state index is 12.2. The molecule has 2 heterocycles. The van der Waals surface area contributed by atoms with Crippen molar-refractivity contribution in [2.75, 3.05) is 20.4 Å². The van der Waals surface area contributed by atoms with E-state index in [9.17, 15) is 4.79 Å². The first-order valence-corrected chi connectivity index (χ1v) is 8.76. The van der Waals surface area contributed by atoms with Gasteiger partial charge in [0.2, 0.25) is 6.79 Å². The highest BCUT2D eigenvalue weighted by Gasteiger charge is 2.15. The predicted molar refractivity (Wildman–Crippen MR) is 96.3 cm³/mol. The highest BCUT2D eigenvalue weighted by atomic mass is 32.1. The molecule has 0 fully saturated rings. The molecule has 0 spiro atoms. The molecular weight excluding hydrogens is 340 g/mol. The molecule has 0 N–H and O–H groups in total. The van der Waals surface area contributed by atoms with Crippen molar-refractivity contribution in [3.63, 3.8) is 0 Å². The third kappa shape index (κ3) is 4.11. The van der Waals surface area contributed by atoms with E-state index in [-0.39, 0.29) is 19.3 Å². The van der Waals surface area contributed by atoms with Crippen LogP contribution in [-0.4, -0.2) is 37.0 Å². The summed E-state index contributed by atoms with van der Waals surface area (Å²) in [6, 6.07) is 7.61. The van der Waals surface area contributed by atoms with Gasteiger partial charge in [0.05, 0.1) is 12.3 Å². The minimum absolute atomic E-state index is 0.0944. The maximum Gasteiger partial charge on any atom is 0.263 e. The van der Waals surface area contributed by atoms with Gasteiger partial charge in [0, 0.05) is 17.5 Å². The fraction of sp³-hybridized carbons (Fsp3) is 0.333. The van der Waals surface area contributed by atoms with Gasteiger partial charge in [0.15, 0.2) is 18.1 Å². The van der Waals surface area contributed by atoms with E-state index in [4.69, 9.17) is 14.3 Å². The van der Waals surface area contributed by atoms with E-state index in [0.29, 0.717) is 18.0 Å². The van der Waals surface area contributed by atoms with Crippen molar-refractivity contribution >= 4 is 23.0 Å². The molecule has 1 aromatic heterocycles. The van der Waals surface area contributed by atoms with Crippen molar-refractivity contribution in [1.29, 1.82) is 0 Å². The minimum atomic E-state index is -0.116. The Kier molecular flexibility index (Phi) is 5.23. The zero-order valence-corrected chi connectivity index (χ0v) is 15.3. The van der Waals surface area contributed by atoms with Crippen LogP contribution in [-0.2, 0) is 16.2 Å². The van der Waals surface area contributed by atoms with Crippen molar-refractivity contribution in [3.8, 4) is 11.5 Å². The molecule has 2 aromatic rings. The number of carbonyl (C=O) groups excluding carboxylic acids is 1. The summed E-state index contributed by atoms with van der Waals surface area (Å²) in [6.07, 6.45) is 0. The van der Waals surface area contributed by atoms with Gasteiger partial charge < -0.3 is 19.2 Å². The van der Waals surface area contributed by atoms with Gasteiger partial charge in [0.1, 0.15) is 0 Å². The molecule has 1 aromatic carbocycles. The summed E-state index contributed by atoms with van der Waals surface area (Å²) >= 11 is 1.65. The van der Waals surface area contributed by atoms with Crippen LogP contribution in [0.1, 0.15) is 22.9 Å². The number of nitrogens with zero attached hydrogens (tertiary/aromatic N) is 2. The highest BCUT2D eigenvalue weighted by molar-refractivity contribution is 7.10. The molecule has 1 aliphatic rings. The standard InChI is InChI=1S/C18H20N2O4S/c1-12-6-7-25-17(12)9-20(3)18(21)10-24-19-13(2)14-4-5-15-16(8-14)23-11-22-15/h4-8H,9-11H2,1-3H3/b19-13+. The lowest BCUT2D eigenvalue weighted by Gasteiger charge is -2.16. The summed E-state index contributed by atoms with van der Waals surface area (Å²) in [5.74, 6) is 1.29. The zero-order valence-electron chi connectivity index (χ0n) is 14.4. The third-order valence-electron chi connectivity index (χ3n) is 3.95. The number of ether oxygens (including phenoxy) is 2. The molecule has 0 radical (unpaired) electrons. The van der Waals surface area contributed by atoms with Gasteiger partial charge in [-0.3, -0.25) is 4.79 Å². The van der Waals surface area contributed by atoms with E-state index in [1.165, 1.54) is 10.4 Å². The van der Waals surface area contributed by atoms with Gasteiger partial charge in [-0.1, -0.05) is 5.16 Å². The second-order valence-electron chi connectivity index (χ2n) is 5.79. The number of rotatable bonds is 6.